The minimum absolute atomic E-state index is 0.0815. The molecule has 156 valence electrons. The van der Waals surface area contributed by atoms with Crippen LogP contribution in [0, 0.1) is 6.92 Å². The summed E-state index contributed by atoms with van der Waals surface area (Å²) in [6.45, 7) is 8.31. The number of aromatic nitrogens is 3. The molecule has 0 radical (unpaired) electrons. The molecule has 0 aliphatic rings. The molecule has 2 heterocycles. The summed E-state index contributed by atoms with van der Waals surface area (Å²) >= 11 is 1.55. The normalized spacial score (nSPS) is 10.8. The number of thioether (sulfide) groups is 1. The van der Waals surface area contributed by atoms with Gasteiger partial charge in [-0.1, -0.05) is 6.07 Å². The molecule has 0 aliphatic heterocycles. The third kappa shape index (κ3) is 6.03. The van der Waals surface area contributed by atoms with E-state index in [2.05, 4.69) is 15.0 Å². The van der Waals surface area contributed by atoms with E-state index in [0.717, 1.165) is 27.6 Å². The zero-order valence-corrected chi connectivity index (χ0v) is 18.5. The van der Waals surface area contributed by atoms with E-state index in [1.807, 2.05) is 68.3 Å². The Kier molecular flexibility index (Phi) is 7.41. The molecule has 1 amide bonds. The van der Waals surface area contributed by atoms with Crippen LogP contribution in [-0.4, -0.2) is 44.1 Å². The summed E-state index contributed by atoms with van der Waals surface area (Å²) in [5.41, 5.74) is 3.08. The molecule has 3 aromatic rings. The Balaban J connectivity index is 1.59. The van der Waals surface area contributed by atoms with E-state index in [0.29, 0.717) is 18.2 Å². The summed E-state index contributed by atoms with van der Waals surface area (Å²) in [6, 6.07) is 12.0. The van der Waals surface area contributed by atoms with Gasteiger partial charge < -0.3 is 9.64 Å². The van der Waals surface area contributed by atoms with E-state index in [1.54, 1.807) is 31.1 Å². The topological polar surface area (TPSA) is 68.2 Å². The molecule has 0 bridgehead atoms. The number of nitrogens with zero attached hydrogens (tertiary/aromatic N) is 4. The first-order chi connectivity index (χ1) is 14.4. The molecule has 0 atom stereocenters. The van der Waals surface area contributed by atoms with Crippen LogP contribution >= 0.6 is 11.8 Å². The molecule has 7 heteroatoms. The quantitative estimate of drug-likeness (QED) is 0.477. The molecular formula is C23H26N4O2S. The van der Waals surface area contributed by atoms with Crippen molar-refractivity contribution in [3.8, 4) is 22.9 Å². The van der Waals surface area contributed by atoms with E-state index in [4.69, 9.17) is 4.74 Å². The number of carbonyl (C=O) groups excluding carboxylic acids is 1. The second-order valence-corrected chi connectivity index (χ2v) is 8.31. The number of carbonyl (C=O) groups is 1. The fourth-order valence-corrected chi connectivity index (χ4v) is 3.72. The van der Waals surface area contributed by atoms with E-state index in [-0.39, 0.29) is 11.9 Å². The second-order valence-electron chi connectivity index (χ2n) is 7.20. The van der Waals surface area contributed by atoms with Crippen molar-refractivity contribution in [2.75, 3.05) is 12.3 Å². The summed E-state index contributed by atoms with van der Waals surface area (Å²) in [7, 11) is 0. The number of ether oxygens (including phenoxy) is 1. The lowest BCUT2D eigenvalue weighted by Gasteiger charge is -2.24. The zero-order valence-electron chi connectivity index (χ0n) is 17.7. The molecule has 0 fully saturated rings. The maximum Gasteiger partial charge on any atom is 0.238 e. The molecule has 0 spiro atoms. The summed E-state index contributed by atoms with van der Waals surface area (Å²) in [5, 5.41) is 0.764. The predicted octanol–water partition coefficient (Wildman–Crippen LogP) is 4.99. The number of pyridine rings is 1. The molecule has 0 N–H and O–H groups in total. The molecule has 1 aromatic carbocycles. The largest absolute Gasteiger partial charge is 0.437 e. The number of hydrogen-bond acceptors (Lipinski definition) is 6. The van der Waals surface area contributed by atoms with Gasteiger partial charge in [0, 0.05) is 37.0 Å². The summed E-state index contributed by atoms with van der Waals surface area (Å²) in [5.74, 6) is 1.95. The lowest BCUT2D eigenvalue weighted by molar-refractivity contribution is -0.130. The van der Waals surface area contributed by atoms with Gasteiger partial charge in [0.1, 0.15) is 10.8 Å². The smallest absolute Gasteiger partial charge is 0.238 e. The molecular weight excluding hydrogens is 396 g/mol. The highest BCUT2D eigenvalue weighted by molar-refractivity contribution is 7.99. The molecule has 2 aromatic heterocycles. The molecule has 3 rings (SSSR count). The van der Waals surface area contributed by atoms with Crippen LogP contribution in [0.4, 0.5) is 0 Å². The third-order valence-corrected chi connectivity index (χ3v) is 5.36. The lowest BCUT2D eigenvalue weighted by atomic mass is 10.1. The maximum atomic E-state index is 11.7. The van der Waals surface area contributed by atoms with Gasteiger partial charge in [-0.25, -0.2) is 4.98 Å². The van der Waals surface area contributed by atoms with Gasteiger partial charge in [-0.3, -0.25) is 14.8 Å². The van der Waals surface area contributed by atoms with Gasteiger partial charge in [-0.05, 0) is 56.7 Å². The molecule has 0 aliphatic carbocycles. The number of aryl methyl sites for hydroxylation is 1. The maximum absolute atomic E-state index is 11.7. The molecule has 0 unspecified atom stereocenters. The van der Waals surface area contributed by atoms with Crippen molar-refractivity contribution in [2.24, 2.45) is 0 Å². The monoisotopic (exact) mass is 422 g/mol. The van der Waals surface area contributed by atoms with Crippen LogP contribution < -0.4 is 4.74 Å². The van der Waals surface area contributed by atoms with E-state index < -0.39 is 0 Å². The van der Waals surface area contributed by atoms with Crippen LogP contribution in [0.3, 0.4) is 0 Å². The lowest BCUT2D eigenvalue weighted by Crippen LogP contribution is -2.36. The Hall–Kier alpha value is -2.93. The summed E-state index contributed by atoms with van der Waals surface area (Å²) < 4.78 is 5.86. The first-order valence-corrected chi connectivity index (χ1v) is 10.8. The fraction of sp³-hybridized carbons (Fsp3) is 0.304. The van der Waals surface area contributed by atoms with Crippen molar-refractivity contribution in [3.63, 3.8) is 0 Å². The van der Waals surface area contributed by atoms with Crippen molar-refractivity contribution in [1.82, 2.24) is 19.9 Å². The number of rotatable bonds is 8. The minimum atomic E-state index is 0.0815. The van der Waals surface area contributed by atoms with Gasteiger partial charge >= 0.3 is 0 Å². The highest BCUT2D eigenvalue weighted by Crippen LogP contribution is 2.25. The van der Waals surface area contributed by atoms with Gasteiger partial charge in [0.05, 0.1) is 18.1 Å². The fourth-order valence-electron chi connectivity index (χ4n) is 2.93. The van der Waals surface area contributed by atoms with Crippen LogP contribution in [0.15, 0.2) is 60.0 Å². The molecule has 0 saturated heterocycles. The minimum Gasteiger partial charge on any atom is -0.437 e. The van der Waals surface area contributed by atoms with Crippen molar-refractivity contribution < 1.29 is 9.53 Å². The average Bonchev–Trinajstić information content (AvgIpc) is 2.72. The van der Waals surface area contributed by atoms with Gasteiger partial charge in [-0.2, -0.15) is 0 Å². The van der Waals surface area contributed by atoms with Crippen LogP contribution in [0.2, 0.25) is 0 Å². The highest BCUT2D eigenvalue weighted by atomic mass is 32.2. The standard InChI is InChI=1S/C23H26N4O2S/c1-16(2)27(18(4)28)11-12-30-23-15-24-14-22(26-23)29-20-8-6-19(7-9-20)21-10-5-17(3)13-25-21/h5-10,13-16H,11-12H2,1-4H3. The van der Waals surface area contributed by atoms with Gasteiger partial charge in [0.25, 0.3) is 0 Å². The average molecular weight is 423 g/mol. The Labute approximate surface area is 181 Å². The second kappa shape index (κ2) is 10.2. The molecule has 0 saturated carbocycles. The van der Waals surface area contributed by atoms with Crippen LogP contribution in [0.1, 0.15) is 26.3 Å². The summed E-state index contributed by atoms with van der Waals surface area (Å²) in [4.78, 5) is 26.7. The van der Waals surface area contributed by atoms with Crippen molar-refractivity contribution in [3.05, 3.63) is 60.6 Å². The van der Waals surface area contributed by atoms with Gasteiger partial charge in [0.15, 0.2) is 0 Å². The Bertz CT molecular complexity index is 975. The SMILES string of the molecule is CC(=O)N(CCSc1cncc(Oc2ccc(-c3ccc(C)cn3)cc2)n1)C(C)C. The highest BCUT2D eigenvalue weighted by Gasteiger charge is 2.12. The van der Waals surface area contributed by atoms with Gasteiger partial charge in [0.2, 0.25) is 11.8 Å². The Morgan fingerprint density at radius 2 is 1.87 bits per heavy atom. The van der Waals surface area contributed by atoms with Crippen LogP contribution in [0.25, 0.3) is 11.3 Å². The third-order valence-electron chi connectivity index (χ3n) is 4.48. The van der Waals surface area contributed by atoms with Crippen molar-refractivity contribution in [2.45, 2.75) is 38.8 Å². The van der Waals surface area contributed by atoms with Gasteiger partial charge in [-0.15, -0.1) is 11.8 Å². The predicted molar refractivity (Wildman–Crippen MR) is 120 cm³/mol. The number of benzene rings is 1. The molecule has 6 nitrogen and oxygen atoms in total. The van der Waals surface area contributed by atoms with E-state index >= 15 is 0 Å². The van der Waals surface area contributed by atoms with Crippen molar-refractivity contribution in [1.29, 1.82) is 0 Å². The Morgan fingerprint density at radius 3 is 2.50 bits per heavy atom. The van der Waals surface area contributed by atoms with Crippen LogP contribution in [-0.2, 0) is 4.79 Å². The first-order valence-electron chi connectivity index (χ1n) is 9.85. The van der Waals surface area contributed by atoms with E-state index in [9.17, 15) is 4.79 Å². The first kappa shape index (κ1) is 21.8. The zero-order chi connectivity index (χ0) is 21.5. The number of amides is 1. The Morgan fingerprint density at radius 1 is 1.10 bits per heavy atom. The van der Waals surface area contributed by atoms with Crippen LogP contribution in [0.5, 0.6) is 11.6 Å². The van der Waals surface area contributed by atoms with E-state index in [1.165, 1.54) is 0 Å². The molecule has 30 heavy (non-hydrogen) atoms. The summed E-state index contributed by atoms with van der Waals surface area (Å²) in [6.07, 6.45) is 5.15. The van der Waals surface area contributed by atoms with Crippen molar-refractivity contribution >= 4 is 17.7 Å². The number of hydrogen-bond donors (Lipinski definition) is 0.